The number of aliphatic hydroxyl groups is 1. The molecule has 1 heterocycles. The summed E-state index contributed by atoms with van der Waals surface area (Å²) < 4.78 is 28.6. The Morgan fingerprint density at radius 1 is 1.42 bits per heavy atom. The zero-order valence-electron chi connectivity index (χ0n) is 11.0. The maximum atomic E-state index is 12.3. The molecule has 0 saturated carbocycles. The van der Waals surface area contributed by atoms with Crippen molar-refractivity contribution in [1.29, 1.82) is 0 Å². The van der Waals surface area contributed by atoms with Crippen LogP contribution in [0.2, 0.25) is 0 Å². The van der Waals surface area contributed by atoms with Crippen molar-refractivity contribution in [1.82, 2.24) is 4.31 Å². The van der Waals surface area contributed by atoms with Gasteiger partial charge in [-0.2, -0.15) is 12.7 Å². The van der Waals surface area contributed by atoms with Crippen molar-refractivity contribution >= 4 is 15.9 Å². The number of aryl methyl sites for hydroxylation is 1. The van der Waals surface area contributed by atoms with Gasteiger partial charge in [0, 0.05) is 19.7 Å². The highest BCUT2D eigenvalue weighted by Gasteiger charge is 2.28. The molecule has 1 atom stereocenters. The van der Waals surface area contributed by atoms with Crippen LogP contribution in [0.15, 0.2) is 24.3 Å². The third-order valence-corrected chi connectivity index (χ3v) is 4.95. The molecule has 6 heteroatoms. The second-order valence-corrected chi connectivity index (χ2v) is 6.64. The topological polar surface area (TPSA) is 69.6 Å². The summed E-state index contributed by atoms with van der Waals surface area (Å²) >= 11 is 0. The Kier molecular flexibility index (Phi) is 4.44. The van der Waals surface area contributed by atoms with Crippen molar-refractivity contribution in [3.63, 3.8) is 0 Å². The van der Waals surface area contributed by atoms with Crippen LogP contribution in [-0.2, 0) is 10.2 Å². The van der Waals surface area contributed by atoms with Gasteiger partial charge in [-0.15, -0.1) is 0 Å². The molecule has 106 valence electrons. The highest BCUT2D eigenvalue weighted by atomic mass is 32.2. The van der Waals surface area contributed by atoms with Gasteiger partial charge >= 0.3 is 10.2 Å². The molecule has 0 spiro atoms. The largest absolute Gasteiger partial charge is 0.396 e. The van der Waals surface area contributed by atoms with E-state index in [1.165, 1.54) is 4.31 Å². The van der Waals surface area contributed by atoms with E-state index in [-0.39, 0.29) is 12.5 Å². The summed E-state index contributed by atoms with van der Waals surface area (Å²) in [7, 11) is -3.53. The first kappa shape index (κ1) is 14.3. The highest BCUT2D eigenvalue weighted by Crippen LogP contribution is 2.21. The molecule has 1 aliphatic rings. The molecule has 0 radical (unpaired) electrons. The molecule has 19 heavy (non-hydrogen) atoms. The average Bonchev–Trinajstić information content (AvgIpc) is 2.41. The molecular weight excluding hydrogens is 264 g/mol. The summed E-state index contributed by atoms with van der Waals surface area (Å²) in [4.78, 5) is 0. The first-order chi connectivity index (χ1) is 9.03. The van der Waals surface area contributed by atoms with Crippen LogP contribution in [0, 0.1) is 12.8 Å². The number of hydrogen-bond donors (Lipinski definition) is 2. The molecule has 1 aromatic carbocycles. The first-order valence-corrected chi connectivity index (χ1v) is 7.91. The third kappa shape index (κ3) is 3.46. The fourth-order valence-corrected chi connectivity index (χ4v) is 3.70. The lowest BCUT2D eigenvalue weighted by molar-refractivity contribution is 0.166. The number of aliphatic hydroxyl groups excluding tert-OH is 1. The minimum atomic E-state index is -3.53. The van der Waals surface area contributed by atoms with Crippen molar-refractivity contribution in [2.24, 2.45) is 5.92 Å². The van der Waals surface area contributed by atoms with Crippen LogP contribution in [0.4, 0.5) is 5.69 Å². The van der Waals surface area contributed by atoms with Crippen molar-refractivity contribution < 1.29 is 13.5 Å². The van der Waals surface area contributed by atoms with E-state index < -0.39 is 10.2 Å². The Labute approximate surface area is 114 Å². The van der Waals surface area contributed by atoms with Crippen molar-refractivity contribution in [3.05, 3.63) is 29.8 Å². The molecule has 1 unspecified atom stereocenters. The monoisotopic (exact) mass is 284 g/mol. The van der Waals surface area contributed by atoms with Gasteiger partial charge in [0.25, 0.3) is 0 Å². The lowest BCUT2D eigenvalue weighted by Crippen LogP contribution is -2.43. The molecule has 1 aliphatic heterocycles. The predicted molar refractivity (Wildman–Crippen MR) is 75.1 cm³/mol. The van der Waals surface area contributed by atoms with Crippen molar-refractivity contribution in [3.8, 4) is 0 Å². The zero-order valence-corrected chi connectivity index (χ0v) is 11.9. The summed E-state index contributed by atoms with van der Waals surface area (Å²) in [6, 6.07) is 7.29. The van der Waals surface area contributed by atoms with Gasteiger partial charge in [0.1, 0.15) is 0 Å². The molecule has 1 fully saturated rings. The van der Waals surface area contributed by atoms with Crippen LogP contribution in [0.3, 0.4) is 0 Å². The Balaban J connectivity index is 2.12. The smallest absolute Gasteiger partial charge is 0.301 e. The summed E-state index contributed by atoms with van der Waals surface area (Å²) in [5.41, 5.74) is 1.50. The number of para-hydroxylation sites is 1. The maximum absolute atomic E-state index is 12.3. The second-order valence-electron chi connectivity index (χ2n) is 4.97. The Morgan fingerprint density at radius 2 is 2.16 bits per heavy atom. The lowest BCUT2D eigenvalue weighted by Gasteiger charge is -2.31. The number of nitrogens with zero attached hydrogens (tertiary/aromatic N) is 1. The molecule has 0 aromatic heterocycles. The van der Waals surface area contributed by atoms with Crippen LogP contribution in [0.1, 0.15) is 18.4 Å². The van der Waals surface area contributed by atoms with Crippen molar-refractivity contribution in [2.75, 3.05) is 24.4 Å². The van der Waals surface area contributed by atoms with E-state index in [0.29, 0.717) is 18.8 Å². The summed E-state index contributed by atoms with van der Waals surface area (Å²) in [5, 5.41) is 9.17. The standard InChI is InChI=1S/C13H20N2O3S/c1-11-5-2-3-7-13(11)14-19(17,18)15-8-4-6-12(9-15)10-16/h2-3,5,7,12,14,16H,4,6,8-10H2,1H3. The van der Waals surface area contributed by atoms with E-state index in [1.54, 1.807) is 12.1 Å². The SMILES string of the molecule is Cc1ccccc1NS(=O)(=O)N1CCCC(CO)C1. The average molecular weight is 284 g/mol. The fourth-order valence-electron chi connectivity index (χ4n) is 2.29. The Morgan fingerprint density at radius 3 is 2.84 bits per heavy atom. The zero-order chi connectivity index (χ0) is 13.9. The van der Waals surface area contributed by atoms with Gasteiger partial charge in [-0.05, 0) is 37.3 Å². The molecule has 2 N–H and O–H groups in total. The van der Waals surface area contributed by atoms with Gasteiger partial charge in [-0.3, -0.25) is 4.72 Å². The van der Waals surface area contributed by atoms with Crippen LogP contribution < -0.4 is 4.72 Å². The van der Waals surface area contributed by atoms with Gasteiger partial charge in [0.2, 0.25) is 0 Å². The Bertz CT molecular complexity index is 530. The van der Waals surface area contributed by atoms with E-state index in [2.05, 4.69) is 4.72 Å². The molecule has 1 saturated heterocycles. The van der Waals surface area contributed by atoms with E-state index in [1.807, 2.05) is 19.1 Å². The van der Waals surface area contributed by atoms with Gasteiger partial charge < -0.3 is 5.11 Å². The quantitative estimate of drug-likeness (QED) is 0.877. The van der Waals surface area contributed by atoms with E-state index >= 15 is 0 Å². The second kappa shape index (κ2) is 5.90. The third-order valence-electron chi connectivity index (χ3n) is 3.46. The van der Waals surface area contributed by atoms with E-state index in [9.17, 15) is 8.42 Å². The number of rotatable bonds is 4. The summed E-state index contributed by atoms with van der Waals surface area (Å²) in [6.07, 6.45) is 1.67. The highest BCUT2D eigenvalue weighted by molar-refractivity contribution is 7.90. The molecule has 2 rings (SSSR count). The van der Waals surface area contributed by atoms with Gasteiger partial charge in [0.05, 0.1) is 5.69 Å². The van der Waals surface area contributed by atoms with Gasteiger partial charge in [-0.25, -0.2) is 0 Å². The molecule has 0 amide bonds. The van der Waals surface area contributed by atoms with Gasteiger partial charge in [-0.1, -0.05) is 18.2 Å². The minimum absolute atomic E-state index is 0.0381. The van der Waals surface area contributed by atoms with E-state index in [0.717, 1.165) is 18.4 Å². The number of hydrogen-bond acceptors (Lipinski definition) is 3. The normalized spacial score (nSPS) is 21.3. The summed E-state index contributed by atoms with van der Waals surface area (Å²) in [5.74, 6) is 0.0437. The van der Waals surface area contributed by atoms with Crippen LogP contribution in [0.25, 0.3) is 0 Å². The summed E-state index contributed by atoms with van der Waals surface area (Å²) in [6.45, 7) is 2.80. The van der Waals surface area contributed by atoms with Crippen LogP contribution in [0.5, 0.6) is 0 Å². The molecule has 1 aromatic rings. The number of anilines is 1. The molecular formula is C13H20N2O3S. The minimum Gasteiger partial charge on any atom is -0.396 e. The van der Waals surface area contributed by atoms with Crippen molar-refractivity contribution in [2.45, 2.75) is 19.8 Å². The maximum Gasteiger partial charge on any atom is 0.301 e. The van der Waals surface area contributed by atoms with E-state index in [4.69, 9.17) is 5.11 Å². The van der Waals surface area contributed by atoms with Crippen LogP contribution >= 0.6 is 0 Å². The molecule has 0 aliphatic carbocycles. The number of piperidine rings is 1. The number of nitrogens with one attached hydrogen (secondary N) is 1. The van der Waals surface area contributed by atoms with Crippen LogP contribution in [-0.4, -0.2) is 37.5 Å². The molecule has 0 bridgehead atoms. The van der Waals surface area contributed by atoms with Gasteiger partial charge in [0.15, 0.2) is 0 Å². The predicted octanol–water partition coefficient (Wildman–Crippen LogP) is 1.36. The first-order valence-electron chi connectivity index (χ1n) is 6.47. The Hall–Kier alpha value is -1.11. The fraction of sp³-hybridized carbons (Fsp3) is 0.538. The number of benzene rings is 1. The lowest BCUT2D eigenvalue weighted by atomic mass is 10.0. The molecule has 5 nitrogen and oxygen atoms in total.